The van der Waals surface area contributed by atoms with Gasteiger partial charge in [0.25, 0.3) is 0 Å². The number of aryl methyl sites for hydroxylation is 1. The van der Waals surface area contributed by atoms with Gasteiger partial charge in [0.2, 0.25) is 0 Å². The highest BCUT2D eigenvalue weighted by Gasteiger charge is 2.02. The molecule has 0 saturated carbocycles. The minimum Gasteiger partial charge on any atom is -0.462 e. The third-order valence-electron chi connectivity index (χ3n) is 1.70. The van der Waals surface area contributed by atoms with Crippen molar-refractivity contribution in [1.29, 1.82) is 0 Å². The molecular formula is C8H8N2O. The van der Waals surface area contributed by atoms with E-state index in [1.807, 2.05) is 6.07 Å². The Morgan fingerprint density at radius 3 is 3.27 bits per heavy atom. The predicted molar refractivity (Wildman–Crippen MR) is 41.2 cm³/mol. The Kier molecular flexibility index (Phi) is 1.35. The molecule has 2 heterocycles. The summed E-state index contributed by atoms with van der Waals surface area (Å²) >= 11 is 0. The average Bonchev–Trinajstić information content (AvgIpc) is 2.50. The van der Waals surface area contributed by atoms with Crippen molar-refractivity contribution >= 4 is 11.1 Å². The van der Waals surface area contributed by atoms with Crippen LogP contribution >= 0.6 is 0 Å². The second-order valence-electron chi connectivity index (χ2n) is 2.36. The summed E-state index contributed by atoms with van der Waals surface area (Å²) in [6.07, 6.45) is 4.31. The first-order valence-corrected chi connectivity index (χ1v) is 3.59. The van der Waals surface area contributed by atoms with Crippen LogP contribution in [0.4, 0.5) is 0 Å². The normalized spacial score (nSPS) is 10.6. The average molecular weight is 148 g/mol. The molecule has 0 spiro atoms. The topological polar surface area (TPSA) is 38.9 Å². The molecule has 0 aliphatic carbocycles. The molecule has 0 N–H and O–H groups in total. The lowest BCUT2D eigenvalue weighted by molar-refractivity contribution is 0.610. The molecule has 0 atom stereocenters. The third-order valence-corrected chi connectivity index (χ3v) is 1.70. The second kappa shape index (κ2) is 2.34. The zero-order valence-electron chi connectivity index (χ0n) is 6.24. The van der Waals surface area contributed by atoms with Crippen LogP contribution in [-0.4, -0.2) is 10.2 Å². The Morgan fingerprint density at radius 1 is 1.55 bits per heavy atom. The van der Waals surface area contributed by atoms with Crippen molar-refractivity contribution in [2.45, 2.75) is 13.3 Å². The van der Waals surface area contributed by atoms with Crippen molar-refractivity contribution in [3.63, 3.8) is 0 Å². The molecule has 0 saturated heterocycles. The standard InChI is InChI=1S/C8H8N2O/c1-2-6-5-9-10-7-3-4-11-8(6)7/h3-5H,2H2,1H3. The molecule has 0 aromatic carbocycles. The predicted octanol–water partition coefficient (Wildman–Crippen LogP) is 1.79. The minimum atomic E-state index is 0.837. The maximum Gasteiger partial charge on any atom is 0.158 e. The molecule has 0 bridgehead atoms. The van der Waals surface area contributed by atoms with Crippen LogP contribution in [0.1, 0.15) is 12.5 Å². The zero-order valence-corrected chi connectivity index (χ0v) is 6.24. The van der Waals surface area contributed by atoms with Gasteiger partial charge < -0.3 is 4.42 Å². The lowest BCUT2D eigenvalue weighted by Crippen LogP contribution is -1.86. The molecule has 0 unspecified atom stereocenters. The molecule has 2 aromatic rings. The molecule has 56 valence electrons. The Labute approximate surface area is 64.0 Å². The van der Waals surface area contributed by atoms with Crippen LogP contribution in [0.2, 0.25) is 0 Å². The smallest absolute Gasteiger partial charge is 0.158 e. The second-order valence-corrected chi connectivity index (χ2v) is 2.36. The highest BCUT2D eigenvalue weighted by atomic mass is 16.3. The van der Waals surface area contributed by atoms with Crippen molar-refractivity contribution in [2.75, 3.05) is 0 Å². The monoisotopic (exact) mass is 148 g/mol. The number of aromatic nitrogens is 2. The Morgan fingerprint density at radius 2 is 2.45 bits per heavy atom. The summed E-state index contributed by atoms with van der Waals surface area (Å²) in [7, 11) is 0. The van der Waals surface area contributed by atoms with Crippen LogP contribution in [0.15, 0.2) is 22.9 Å². The van der Waals surface area contributed by atoms with E-state index in [1.165, 1.54) is 0 Å². The van der Waals surface area contributed by atoms with Gasteiger partial charge in [0, 0.05) is 11.6 Å². The zero-order chi connectivity index (χ0) is 7.68. The largest absolute Gasteiger partial charge is 0.462 e. The summed E-state index contributed by atoms with van der Waals surface area (Å²) < 4.78 is 5.24. The lowest BCUT2D eigenvalue weighted by Gasteiger charge is -1.93. The maximum atomic E-state index is 5.24. The van der Waals surface area contributed by atoms with Crippen LogP contribution < -0.4 is 0 Å². The Hall–Kier alpha value is -1.38. The van der Waals surface area contributed by atoms with Crippen molar-refractivity contribution < 1.29 is 4.42 Å². The highest BCUT2D eigenvalue weighted by molar-refractivity contribution is 5.74. The van der Waals surface area contributed by atoms with E-state index < -0.39 is 0 Å². The van der Waals surface area contributed by atoms with E-state index >= 15 is 0 Å². The number of fused-ring (bicyclic) bond motifs is 1. The molecule has 0 aliphatic rings. The molecule has 2 rings (SSSR count). The van der Waals surface area contributed by atoms with Gasteiger partial charge in [-0.2, -0.15) is 5.10 Å². The summed E-state index contributed by atoms with van der Waals surface area (Å²) in [6, 6.07) is 1.82. The van der Waals surface area contributed by atoms with Gasteiger partial charge in [0.05, 0.1) is 12.5 Å². The summed E-state index contributed by atoms with van der Waals surface area (Å²) in [6.45, 7) is 2.07. The number of hydrogen-bond donors (Lipinski definition) is 0. The van der Waals surface area contributed by atoms with Gasteiger partial charge in [-0.15, -0.1) is 5.10 Å². The first kappa shape index (κ1) is 6.34. The van der Waals surface area contributed by atoms with Crippen LogP contribution in [0.5, 0.6) is 0 Å². The van der Waals surface area contributed by atoms with E-state index in [-0.39, 0.29) is 0 Å². The minimum absolute atomic E-state index is 0.837. The molecule has 11 heavy (non-hydrogen) atoms. The number of rotatable bonds is 1. The van der Waals surface area contributed by atoms with Crippen molar-refractivity contribution in [3.8, 4) is 0 Å². The van der Waals surface area contributed by atoms with Gasteiger partial charge in [0.1, 0.15) is 5.52 Å². The summed E-state index contributed by atoms with van der Waals surface area (Å²) in [4.78, 5) is 0. The molecule has 0 fully saturated rings. The fourth-order valence-electron chi connectivity index (χ4n) is 1.09. The molecule has 2 aromatic heterocycles. The van der Waals surface area contributed by atoms with E-state index in [2.05, 4.69) is 17.1 Å². The van der Waals surface area contributed by atoms with E-state index in [9.17, 15) is 0 Å². The number of furan rings is 1. The molecule has 3 heteroatoms. The van der Waals surface area contributed by atoms with Gasteiger partial charge in [-0.25, -0.2) is 0 Å². The Bertz CT molecular complexity index is 367. The molecule has 3 nitrogen and oxygen atoms in total. The van der Waals surface area contributed by atoms with E-state index in [0.29, 0.717) is 0 Å². The molecule has 0 amide bonds. The maximum absolute atomic E-state index is 5.24. The van der Waals surface area contributed by atoms with E-state index in [0.717, 1.165) is 23.1 Å². The lowest BCUT2D eigenvalue weighted by atomic mass is 10.2. The van der Waals surface area contributed by atoms with Crippen LogP contribution in [0.25, 0.3) is 11.1 Å². The van der Waals surface area contributed by atoms with E-state index in [4.69, 9.17) is 4.42 Å². The van der Waals surface area contributed by atoms with Crippen LogP contribution in [0.3, 0.4) is 0 Å². The molecule has 0 aliphatic heterocycles. The highest BCUT2D eigenvalue weighted by Crippen LogP contribution is 2.15. The number of hydrogen-bond acceptors (Lipinski definition) is 3. The van der Waals surface area contributed by atoms with Gasteiger partial charge in [-0.3, -0.25) is 0 Å². The fourth-order valence-corrected chi connectivity index (χ4v) is 1.09. The molecule has 0 radical (unpaired) electrons. The Balaban J connectivity index is 2.79. The number of nitrogens with zero attached hydrogens (tertiary/aromatic N) is 2. The fraction of sp³-hybridized carbons (Fsp3) is 0.250. The summed E-state index contributed by atoms with van der Waals surface area (Å²) in [5.41, 5.74) is 2.81. The van der Waals surface area contributed by atoms with Crippen LogP contribution in [0, 0.1) is 0 Å². The first-order chi connectivity index (χ1) is 5.42. The van der Waals surface area contributed by atoms with Gasteiger partial charge >= 0.3 is 0 Å². The van der Waals surface area contributed by atoms with Gasteiger partial charge in [-0.1, -0.05) is 6.92 Å². The van der Waals surface area contributed by atoms with Crippen LogP contribution in [-0.2, 0) is 6.42 Å². The quantitative estimate of drug-likeness (QED) is 0.618. The first-order valence-electron chi connectivity index (χ1n) is 3.59. The van der Waals surface area contributed by atoms with Crippen molar-refractivity contribution in [2.24, 2.45) is 0 Å². The van der Waals surface area contributed by atoms with Gasteiger partial charge in [0.15, 0.2) is 5.58 Å². The summed E-state index contributed by atoms with van der Waals surface area (Å²) in [5, 5.41) is 7.75. The van der Waals surface area contributed by atoms with Gasteiger partial charge in [-0.05, 0) is 6.42 Å². The van der Waals surface area contributed by atoms with E-state index in [1.54, 1.807) is 12.5 Å². The molecular weight excluding hydrogens is 140 g/mol. The summed E-state index contributed by atoms with van der Waals surface area (Å²) in [5.74, 6) is 0. The SMILES string of the molecule is CCc1cnnc2ccoc12. The third kappa shape index (κ3) is 0.888. The van der Waals surface area contributed by atoms with Crippen molar-refractivity contribution in [1.82, 2.24) is 10.2 Å². The van der Waals surface area contributed by atoms with Crippen molar-refractivity contribution in [3.05, 3.63) is 24.1 Å².